The Kier molecular flexibility index (Phi) is 1.73. The summed E-state index contributed by atoms with van der Waals surface area (Å²) >= 11 is 0. The summed E-state index contributed by atoms with van der Waals surface area (Å²) in [6, 6.07) is 1.91. The highest BCUT2D eigenvalue weighted by molar-refractivity contribution is 5.46. The molecule has 0 atom stereocenters. The second-order valence-corrected chi connectivity index (χ2v) is 2.82. The lowest BCUT2D eigenvalue weighted by Crippen LogP contribution is -2.21. The van der Waals surface area contributed by atoms with Gasteiger partial charge in [-0.15, -0.1) is 0 Å². The molecule has 0 bridgehead atoms. The van der Waals surface area contributed by atoms with Crippen LogP contribution in [0.15, 0.2) is 24.0 Å². The van der Waals surface area contributed by atoms with Crippen molar-refractivity contribution in [3.8, 4) is 0 Å². The second-order valence-electron chi connectivity index (χ2n) is 2.82. The fourth-order valence-electron chi connectivity index (χ4n) is 1.34. The maximum absolute atomic E-state index is 10.5. The van der Waals surface area contributed by atoms with Gasteiger partial charge in [0.25, 0.3) is 5.70 Å². The maximum atomic E-state index is 10.5. The predicted octanol–water partition coefficient (Wildman–Crippen LogP) is 0.140. The molecule has 0 aromatic carbocycles. The number of hydrogen-bond acceptors (Lipinski definition) is 2. The molecule has 2 rings (SSSR count). The van der Waals surface area contributed by atoms with Crippen molar-refractivity contribution >= 4 is 12.2 Å². The SMILES string of the molecule is O=[N+]([O-])C1=CCC=c2cc[nH]c2=C1. The minimum Gasteiger partial charge on any atom is -0.361 e. The molecular weight excluding hydrogens is 168 g/mol. The van der Waals surface area contributed by atoms with Crippen LogP contribution in [0.1, 0.15) is 6.42 Å². The van der Waals surface area contributed by atoms with Gasteiger partial charge in [0.15, 0.2) is 0 Å². The zero-order valence-electron chi connectivity index (χ0n) is 6.86. The Morgan fingerprint density at radius 1 is 1.46 bits per heavy atom. The molecule has 1 aliphatic carbocycles. The average Bonchev–Trinajstić information content (AvgIpc) is 2.42. The fraction of sp³-hybridized carbons (Fsp3) is 0.111. The molecule has 66 valence electrons. The minimum atomic E-state index is -0.371. The predicted molar refractivity (Wildman–Crippen MR) is 48.7 cm³/mol. The Bertz CT molecular complexity index is 482. The van der Waals surface area contributed by atoms with Crippen LogP contribution in [0.25, 0.3) is 12.2 Å². The van der Waals surface area contributed by atoms with Gasteiger partial charge in [-0.05, 0) is 23.8 Å². The van der Waals surface area contributed by atoms with Gasteiger partial charge in [-0.3, -0.25) is 10.1 Å². The Morgan fingerprint density at radius 3 is 3.08 bits per heavy atom. The molecule has 1 aliphatic rings. The number of aromatic nitrogens is 1. The molecule has 1 heterocycles. The largest absolute Gasteiger partial charge is 0.361 e. The summed E-state index contributed by atoms with van der Waals surface area (Å²) in [6.45, 7) is 0. The van der Waals surface area contributed by atoms with Gasteiger partial charge in [0, 0.05) is 12.3 Å². The molecule has 4 heteroatoms. The number of rotatable bonds is 1. The van der Waals surface area contributed by atoms with Gasteiger partial charge in [0.2, 0.25) is 0 Å². The van der Waals surface area contributed by atoms with Crippen LogP contribution >= 0.6 is 0 Å². The molecule has 0 aliphatic heterocycles. The normalized spacial score (nSPS) is 14.6. The summed E-state index contributed by atoms with van der Waals surface area (Å²) in [5.41, 5.74) is 0.150. The molecule has 0 fully saturated rings. The molecule has 1 aromatic heterocycles. The van der Waals surface area contributed by atoms with Gasteiger partial charge in [-0.2, -0.15) is 0 Å². The molecule has 0 saturated carbocycles. The van der Waals surface area contributed by atoms with Gasteiger partial charge in [0.05, 0.1) is 10.3 Å². The number of fused-ring (bicyclic) bond motifs is 1. The Morgan fingerprint density at radius 2 is 2.31 bits per heavy atom. The highest BCUT2D eigenvalue weighted by Gasteiger charge is 2.07. The monoisotopic (exact) mass is 176 g/mol. The summed E-state index contributed by atoms with van der Waals surface area (Å²) < 4.78 is 0. The molecule has 1 N–H and O–H groups in total. The van der Waals surface area contributed by atoms with Crippen molar-refractivity contribution in [3.05, 3.63) is 44.7 Å². The van der Waals surface area contributed by atoms with Crippen molar-refractivity contribution < 1.29 is 4.92 Å². The van der Waals surface area contributed by atoms with E-state index in [-0.39, 0.29) is 10.6 Å². The summed E-state index contributed by atoms with van der Waals surface area (Å²) in [4.78, 5) is 13.1. The first-order valence-corrected chi connectivity index (χ1v) is 3.97. The zero-order valence-corrected chi connectivity index (χ0v) is 6.86. The summed E-state index contributed by atoms with van der Waals surface area (Å²) in [5, 5.41) is 12.3. The lowest BCUT2D eigenvalue weighted by atomic mass is 10.3. The molecule has 1 aromatic rings. The topological polar surface area (TPSA) is 58.9 Å². The fourth-order valence-corrected chi connectivity index (χ4v) is 1.34. The lowest BCUT2D eigenvalue weighted by Gasteiger charge is -1.86. The number of hydrogen-bond donors (Lipinski definition) is 1. The van der Waals surface area contributed by atoms with Crippen LogP contribution < -0.4 is 10.6 Å². The van der Waals surface area contributed by atoms with E-state index in [1.807, 2.05) is 12.1 Å². The number of allylic oxidation sites excluding steroid dienone is 2. The Labute approximate surface area is 74.0 Å². The van der Waals surface area contributed by atoms with Crippen LogP contribution in [0.2, 0.25) is 0 Å². The van der Waals surface area contributed by atoms with Gasteiger partial charge in [-0.1, -0.05) is 6.08 Å². The van der Waals surface area contributed by atoms with E-state index in [2.05, 4.69) is 4.98 Å². The quantitative estimate of drug-likeness (QED) is 0.488. The van der Waals surface area contributed by atoms with Crippen LogP contribution in [-0.4, -0.2) is 9.91 Å². The van der Waals surface area contributed by atoms with Gasteiger partial charge in [0.1, 0.15) is 0 Å². The standard InChI is InChI=1S/C9H8N2O2/c12-11(13)8-3-1-2-7-4-5-10-9(7)6-8/h2-6,10H,1H2. The van der Waals surface area contributed by atoms with E-state index in [4.69, 9.17) is 0 Å². The Balaban J connectivity index is 2.62. The summed E-state index contributed by atoms with van der Waals surface area (Å²) in [7, 11) is 0. The van der Waals surface area contributed by atoms with Crippen LogP contribution in [0, 0.1) is 10.1 Å². The average molecular weight is 176 g/mol. The number of nitrogens with zero attached hydrogens (tertiary/aromatic N) is 1. The third kappa shape index (κ3) is 1.38. The van der Waals surface area contributed by atoms with Gasteiger partial charge < -0.3 is 4.98 Å². The highest BCUT2D eigenvalue weighted by atomic mass is 16.6. The first-order chi connectivity index (χ1) is 6.27. The third-order valence-corrected chi connectivity index (χ3v) is 1.98. The number of nitro groups is 1. The second kappa shape index (κ2) is 2.90. The minimum absolute atomic E-state index is 0.150. The number of H-pyrrole nitrogens is 1. The van der Waals surface area contributed by atoms with E-state index in [1.54, 1.807) is 18.3 Å². The molecule has 0 unspecified atom stereocenters. The molecular formula is C9H8N2O2. The van der Waals surface area contributed by atoms with E-state index < -0.39 is 0 Å². The van der Waals surface area contributed by atoms with Crippen molar-refractivity contribution in [1.82, 2.24) is 4.98 Å². The van der Waals surface area contributed by atoms with Crippen molar-refractivity contribution in [3.63, 3.8) is 0 Å². The zero-order chi connectivity index (χ0) is 9.26. The number of nitrogens with one attached hydrogen (secondary N) is 1. The smallest absolute Gasteiger partial charge is 0.267 e. The third-order valence-electron chi connectivity index (χ3n) is 1.98. The number of aromatic amines is 1. The van der Waals surface area contributed by atoms with Crippen LogP contribution in [0.5, 0.6) is 0 Å². The first kappa shape index (κ1) is 7.79. The van der Waals surface area contributed by atoms with E-state index in [0.29, 0.717) is 6.42 Å². The van der Waals surface area contributed by atoms with Crippen LogP contribution in [0.4, 0.5) is 0 Å². The molecule has 4 nitrogen and oxygen atoms in total. The highest BCUT2D eigenvalue weighted by Crippen LogP contribution is 2.01. The maximum Gasteiger partial charge on any atom is 0.267 e. The summed E-state index contributed by atoms with van der Waals surface area (Å²) in [6.07, 6.45) is 7.50. The van der Waals surface area contributed by atoms with Crippen molar-refractivity contribution in [2.45, 2.75) is 6.42 Å². The molecule has 0 spiro atoms. The molecule has 0 saturated heterocycles. The molecule has 0 amide bonds. The van der Waals surface area contributed by atoms with Gasteiger partial charge in [-0.25, -0.2) is 0 Å². The lowest BCUT2D eigenvalue weighted by molar-refractivity contribution is -0.416. The first-order valence-electron chi connectivity index (χ1n) is 3.97. The Hall–Kier alpha value is -1.84. The van der Waals surface area contributed by atoms with Crippen molar-refractivity contribution in [1.29, 1.82) is 0 Å². The van der Waals surface area contributed by atoms with E-state index in [9.17, 15) is 10.1 Å². The van der Waals surface area contributed by atoms with Crippen LogP contribution in [-0.2, 0) is 0 Å². The van der Waals surface area contributed by atoms with Gasteiger partial charge >= 0.3 is 0 Å². The van der Waals surface area contributed by atoms with E-state index in [0.717, 1.165) is 10.6 Å². The summed E-state index contributed by atoms with van der Waals surface area (Å²) in [5.74, 6) is 0. The van der Waals surface area contributed by atoms with E-state index in [1.165, 1.54) is 0 Å². The molecule has 13 heavy (non-hydrogen) atoms. The van der Waals surface area contributed by atoms with Crippen LogP contribution in [0.3, 0.4) is 0 Å². The van der Waals surface area contributed by atoms with E-state index >= 15 is 0 Å². The van der Waals surface area contributed by atoms with Crippen molar-refractivity contribution in [2.75, 3.05) is 0 Å². The molecule has 0 radical (unpaired) electrons. The van der Waals surface area contributed by atoms with Crippen molar-refractivity contribution in [2.24, 2.45) is 0 Å².